The third kappa shape index (κ3) is 5.76. The molecule has 9 heteroatoms. The number of ether oxygens (including phenoxy) is 1. The number of benzene rings is 3. The van der Waals surface area contributed by atoms with Crippen LogP contribution in [0.25, 0.3) is 5.69 Å². The number of aryl methyl sites for hydroxylation is 2. The van der Waals surface area contributed by atoms with Crippen LogP contribution in [-0.2, 0) is 6.61 Å². The highest BCUT2D eigenvalue weighted by Gasteiger charge is 2.24. The lowest BCUT2D eigenvalue weighted by Gasteiger charge is -2.15. The Morgan fingerprint density at radius 2 is 1.82 bits per heavy atom. The van der Waals surface area contributed by atoms with E-state index >= 15 is 0 Å². The Morgan fingerprint density at radius 3 is 2.53 bits per heavy atom. The van der Waals surface area contributed by atoms with E-state index in [1.165, 1.54) is 11.8 Å². The van der Waals surface area contributed by atoms with Crippen molar-refractivity contribution in [2.24, 2.45) is 0 Å². The number of hydrogen-bond acceptors (Lipinski definition) is 6. The van der Waals surface area contributed by atoms with Crippen LogP contribution < -0.4 is 4.74 Å². The summed E-state index contributed by atoms with van der Waals surface area (Å²) in [5.41, 5.74) is 3.73. The first-order valence-corrected chi connectivity index (χ1v) is 11.9. The third-order valence-electron chi connectivity index (χ3n) is 5.22. The minimum atomic E-state index is -0.445. The van der Waals surface area contributed by atoms with Crippen LogP contribution in [0.1, 0.15) is 27.8 Å². The lowest BCUT2D eigenvalue weighted by molar-refractivity contribution is -0.479. The number of nitrogens with zero attached hydrogens (tertiary/aromatic N) is 4. The van der Waals surface area contributed by atoms with Gasteiger partial charge in [-0.15, -0.1) is 10.2 Å². The van der Waals surface area contributed by atoms with Crippen molar-refractivity contribution in [3.8, 4) is 11.4 Å². The smallest absolute Gasteiger partial charge is 0.220 e. The van der Waals surface area contributed by atoms with Crippen LogP contribution in [0.3, 0.4) is 0 Å². The Kier molecular flexibility index (Phi) is 7.49. The molecule has 7 nitrogen and oxygen atoms in total. The molecule has 1 atom stereocenters. The van der Waals surface area contributed by atoms with Crippen molar-refractivity contribution in [1.29, 1.82) is 0 Å². The van der Waals surface area contributed by atoms with Crippen LogP contribution in [0.5, 0.6) is 5.75 Å². The average molecular weight is 495 g/mol. The lowest BCUT2D eigenvalue weighted by atomic mass is 10.1. The van der Waals surface area contributed by atoms with Crippen LogP contribution in [-0.4, -0.2) is 26.2 Å². The fourth-order valence-corrected chi connectivity index (χ4v) is 4.88. The van der Waals surface area contributed by atoms with Gasteiger partial charge in [-0.05, 0) is 55.3 Å². The molecular weight excluding hydrogens is 472 g/mol. The summed E-state index contributed by atoms with van der Waals surface area (Å²) in [6, 6.07) is 22.8. The monoisotopic (exact) mass is 494 g/mol. The van der Waals surface area contributed by atoms with Crippen LogP contribution in [0.2, 0.25) is 5.02 Å². The molecule has 0 aliphatic rings. The second kappa shape index (κ2) is 10.7. The molecule has 4 rings (SSSR count). The Morgan fingerprint density at radius 1 is 1.06 bits per heavy atom. The van der Waals surface area contributed by atoms with E-state index in [1.54, 1.807) is 0 Å². The van der Waals surface area contributed by atoms with Crippen molar-refractivity contribution >= 4 is 23.4 Å². The van der Waals surface area contributed by atoms with Gasteiger partial charge in [-0.25, -0.2) is 0 Å². The molecule has 0 aliphatic carbocycles. The minimum absolute atomic E-state index is 0.246. The molecule has 0 N–H and O–H groups in total. The Bertz CT molecular complexity index is 1290. The maximum atomic E-state index is 11.4. The molecular formula is C25H23ClN4O3S. The predicted molar refractivity (Wildman–Crippen MR) is 134 cm³/mol. The van der Waals surface area contributed by atoms with Crippen molar-refractivity contribution in [3.05, 3.63) is 110 Å². The molecule has 0 spiro atoms. The molecule has 34 heavy (non-hydrogen) atoms. The number of aromatic nitrogens is 3. The molecule has 0 aliphatic heterocycles. The maximum absolute atomic E-state index is 11.4. The zero-order chi connectivity index (χ0) is 24.1. The van der Waals surface area contributed by atoms with Crippen LogP contribution >= 0.6 is 23.4 Å². The van der Waals surface area contributed by atoms with Gasteiger partial charge in [0.2, 0.25) is 6.54 Å². The van der Waals surface area contributed by atoms with E-state index in [0.29, 0.717) is 22.5 Å². The fourth-order valence-electron chi connectivity index (χ4n) is 3.51. The summed E-state index contributed by atoms with van der Waals surface area (Å²) in [4.78, 5) is 11.1. The zero-order valence-electron chi connectivity index (χ0n) is 18.7. The topological polar surface area (TPSA) is 83.1 Å². The van der Waals surface area contributed by atoms with Gasteiger partial charge in [0.05, 0.1) is 0 Å². The number of nitro groups is 1. The van der Waals surface area contributed by atoms with Crippen molar-refractivity contribution in [2.45, 2.75) is 30.9 Å². The second-order valence-corrected chi connectivity index (χ2v) is 9.35. The van der Waals surface area contributed by atoms with E-state index in [2.05, 4.69) is 10.2 Å². The van der Waals surface area contributed by atoms with Gasteiger partial charge < -0.3 is 4.74 Å². The highest BCUT2D eigenvalue weighted by molar-refractivity contribution is 7.99. The summed E-state index contributed by atoms with van der Waals surface area (Å²) in [5.74, 6) is 1.38. The Labute approximate surface area is 206 Å². The minimum Gasteiger partial charge on any atom is -0.489 e. The molecule has 1 aromatic heterocycles. The molecule has 1 heterocycles. The molecule has 0 fully saturated rings. The van der Waals surface area contributed by atoms with E-state index in [1.807, 2.05) is 91.2 Å². The lowest BCUT2D eigenvalue weighted by Crippen LogP contribution is -2.11. The van der Waals surface area contributed by atoms with Gasteiger partial charge in [0.25, 0.3) is 0 Å². The van der Waals surface area contributed by atoms with Crippen molar-refractivity contribution in [1.82, 2.24) is 14.8 Å². The average Bonchev–Trinajstić information content (AvgIpc) is 3.18. The van der Waals surface area contributed by atoms with E-state index < -0.39 is 5.25 Å². The fraction of sp³-hybridized carbons (Fsp3) is 0.200. The molecule has 0 saturated heterocycles. The standard InChI is InChI=1S/C25H23ClN4O3S/c1-17-6-5-8-21(14-17)30-18(2)27-28-25(30)34-24(15-29(31)32)19-10-12-22(13-11-19)33-16-20-7-3-4-9-23(20)26/h3-14,24H,15-16H2,1-2H3/t24-/m0/s1. The van der Waals surface area contributed by atoms with Crippen molar-refractivity contribution in [2.75, 3.05) is 6.54 Å². The van der Waals surface area contributed by atoms with Gasteiger partial charge in [-0.1, -0.05) is 65.8 Å². The molecule has 0 unspecified atom stereocenters. The highest BCUT2D eigenvalue weighted by Crippen LogP contribution is 2.36. The second-order valence-electron chi connectivity index (χ2n) is 7.78. The SMILES string of the molecule is Cc1cccc(-n2c(C)nnc2S[C@@H](C[N+](=O)[O-])c2ccc(OCc3ccccc3Cl)cc2)c1. The first-order valence-electron chi connectivity index (χ1n) is 10.6. The number of hydrogen-bond donors (Lipinski definition) is 0. The summed E-state index contributed by atoms with van der Waals surface area (Å²) < 4.78 is 7.77. The summed E-state index contributed by atoms with van der Waals surface area (Å²) in [6.07, 6.45) is 0. The van der Waals surface area contributed by atoms with E-state index in [9.17, 15) is 10.1 Å². The number of halogens is 1. The Hall–Kier alpha value is -3.36. The number of rotatable bonds is 9. The number of thioether (sulfide) groups is 1. The summed E-state index contributed by atoms with van der Waals surface area (Å²) >= 11 is 7.52. The van der Waals surface area contributed by atoms with Crippen LogP contribution in [0.4, 0.5) is 0 Å². The van der Waals surface area contributed by atoms with Gasteiger partial charge in [-0.3, -0.25) is 14.7 Å². The summed E-state index contributed by atoms with van der Waals surface area (Å²) in [6.45, 7) is 3.98. The summed E-state index contributed by atoms with van der Waals surface area (Å²) in [5, 5.41) is 20.8. The van der Waals surface area contributed by atoms with E-state index in [0.717, 1.165) is 28.2 Å². The van der Waals surface area contributed by atoms with Crippen molar-refractivity contribution in [3.63, 3.8) is 0 Å². The molecule has 0 radical (unpaired) electrons. The van der Waals surface area contributed by atoms with E-state index in [4.69, 9.17) is 16.3 Å². The van der Waals surface area contributed by atoms with Gasteiger partial charge in [0, 0.05) is 21.2 Å². The van der Waals surface area contributed by atoms with Gasteiger partial charge in [0.1, 0.15) is 23.4 Å². The zero-order valence-corrected chi connectivity index (χ0v) is 20.3. The first-order chi connectivity index (χ1) is 16.4. The van der Waals surface area contributed by atoms with Gasteiger partial charge in [-0.2, -0.15) is 0 Å². The van der Waals surface area contributed by atoms with E-state index in [-0.39, 0.29) is 11.5 Å². The highest BCUT2D eigenvalue weighted by atomic mass is 35.5. The molecule has 4 aromatic rings. The molecule has 0 saturated carbocycles. The van der Waals surface area contributed by atoms with Gasteiger partial charge in [0.15, 0.2) is 5.16 Å². The Balaban J connectivity index is 1.54. The van der Waals surface area contributed by atoms with Crippen LogP contribution in [0.15, 0.2) is 78.0 Å². The molecule has 0 bridgehead atoms. The molecule has 0 amide bonds. The van der Waals surface area contributed by atoms with Crippen LogP contribution in [0, 0.1) is 24.0 Å². The maximum Gasteiger partial charge on any atom is 0.220 e. The quantitative estimate of drug-likeness (QED) is 0.156. The first kappa shape index (κ1) is 23.8. The van der Waals surface area contributed by atoms with Crippen molar-refractivity contribution < 1.29 is 9.66 Å². The predicted octanol–water partition coefficient (Wildman–Crippen LogP) is 6.23. The van der Waals surface area contributed by atoms with Gasteiger partial charge >= 0.3 is 0 Å². The normalized spacial score (nSPS) is 11.9. The third-order valence-corrected chi connectivity index (χ3v) is 6.77. The largest absolute Gasteiger partial charge is 0.489 e. The summed E-state index contributed by atoms with van der Waals surface area (Å²) in [7, 11) is 0. The molecule has 174 valence electrons. The molecule has 3 aromatic carbocycles.